The zero-order valence-corrected chi connectivity index (χ0v) is 17.8. The second-order valence-corrected chi connectivity index (χ2v) is 6.58. The summed E-state index contributed by atoms with van der Waals surface area (Å²) in [6.07, 6.45) is 4.08. The Morgan fingerprint density at radius 1 is 0.519 bits per heavy atom. The quantitative estimate of drug-likeness (QED) is 0.402. The van der Waals surface area contributed by atoms with Crippen molar-refractivity contribution in [2.45, 2.75) is 59.3 Å². The van der Waals surface area contributed by atoms with Crippen LogP contribution in [0.1, 0.15) is 70.6 Å². The van der Waals surface area contributed by atoms with Crippen LogP contribution in [-0.4, -0.2) is 0 Å². The van der Waals surface area contributed by atoms with E-state index in [2.05, 4.69) is 112 Å². The Bertz CT molecular complexity index is 600. The first kappa shape index (κ1) is 22.7. The average molecular weight is 361 g/mol. The van der Waals surface area contributed by atoms with Gasteiger partial charge in [0.05, 0.1) is 0 Å². The van der Waals surface area contributed by atoms with E-state index < -0.39 is 0 Å². The Labute approximate surface area is 167 Å². The Morgan fingerprint density at radius 2 is 0.778 bits per heavy atom. The van der Waals surface area contributed by atoms with Crippen molar-refractivity contribution < 1.29 is 0 Å². The van der Waals surface area contributed by atoms with Gasteiger partial charge in [-0.1, -0.05) is 138 Å². The summed E-state index contributed by atoms with van der Waals surface area (Å²) in [5.74, 6) is 0. The van der Waals surface area contributed by atoms with Gasteiger partial charge in [0.2, 0.25) is 0 Å². The molecule has 0 aromatic heterocycles. The summed E-state index contributed by atoms with van der Waals surface area (Å²) in [5.41, 5.74) is 3.83. The van der Waals surface area contributed by atoms with E-state index in [1.165, 1.54) is 36.0 Å². The number of hydrogen-bond donors (Lipinski definition) is 0. The summed E-state index contributed by atoms with van der Waals surface area (Å²) in [6.45, 7) is 10.7. The van der Waals surface area contributed by atoms with Crippen molar-refractivity contribution >= 4 is 0 Å². The molecule has 0 saturated carbocycles. The van der Waals surface area contributed by atoms with Crippen LogP contribution in [0.3, 0.4) is 0 Å². The smallest absolute Gasteiger partial charge is 0.0423 e. The number of benzene rings is 3. The molecule has 0 heteroatoms. The van der Waals surface area contributed by atoms with Gasteiger partial charge in [0, 0.05) is 5.41 Å². The molecular weight excluding hydrogens is 324 g/mol. The lowest BCUT2D eigenvalue weighted by molar-refractivity contribution is 0.692. The van der Waals surface area contributed by atoms with E-state index in [1.54, 1.807) is 0 Å². The lowest BCUT2D eigenvalue weighted by Crippen LogP contribution is -2.25. The minimum absolute atomic E-state index is 0.121. The van der Waals surface area contributed by atoms with Crippen LogP contribution in [0.25, 0.3) is 0 Å². The van der Waals surface area contributed by atoms with E-state index in [0.29, 0.717) is 0 Å². The molecule has 0 aliphatic rings. The minimum Gasteiger partial charge on any atom is -0.0683 e. The Morgan fingerprint density at radius 3 is 0.963 bits per heavy atom. The predicted molar refractivity (Wildman–Crippen MR) is 121 cm³/mol. The van der Waals surface area contributed by atoms with Crippen LogP contribution in [0.5, 0.6) is 0 Å². The highest BCUT2D eigenvalue weighted by Gasteiger charge is 2.30. The molecule has 3 rings (SSSR count). The van der Waals surface area contributed by atoms with Gasteiger partial charge in [-0.15, -0.1) is 0 Å². The molecule has 0 amide bonds. The van der Waals surface area contributed by atoms with Crippen molar-refractivity contribution in [1.29, 1.82) is 0 Å². The number of unbranched alkanes of at least 4 members (excludes halogenated alkanes) is 2. The average Bonchev–Trinajstić information content (AvgIpc) is 2.77. The maximum Gasteiger partial charge on any atom is 0.0423 e. The number of rotatable bonds is 5. The van der Waals surface area contributed by atoms with Crippen LogP contribution in [0.2, 0.25) is 0 Å². The third-order valence-corrected chi connectivity index (χ3v) is 4.76. The lowest BCUT2D eigenvalue weighted by atomic mass is 9.71. The van der Waals surface area contributed by atoms with Gasteiger partial charge in [-0.05, 0) is 23.6 Å². The second kappa shape index (κ2) is 12.9. The van der Waals surface area contributed by atoms with Gasteiger partial charge in [-0.25, -0.2) is 0 Å². The fraction of sp³-hybridized carbons (Fsp3) is 0.333. The van der Waals surface area contributed by atoms with Gasteiger partial charge in [0.25, 0.3) is 0 Å². The first-order chi connectivity index (χ1) is 13.2. The highest BCUT2D eigenvalue weighted by molar-refractivity contribution is 5.49. The van der Waals surface area contributed by atoms with Crippen molar-refractivity contribution in [1.82, 2.24) is 0 Å². The summed E-state index contributed by atoms with van der Waals surface area (Å²) in [6, 6.07) is 32.1. The van der Waals surface area contributed by atoms with Crippen molar-refractivity contribution in [3.8, 4) is 0 Å². The van der Waals surface area contributed by atoms with Gasteiger partial charge in [0.1, 0.15) is 0 Å². The third-order valence-electron chi connectivity index (χ3n) is 4.76. The van der Waals surface area contributed by atoms with Crippen LogP contribution in [0, 0.1) is 0 Å². The highest BCUT2D eigenvalue weighted by Crippen LogP contribution is 2.38. The van der Waals surface area contributed by atoms with Gasteiger partial charge >= 0.3 is 0 Å². The summed E-state index contributed by atoms with van der Waals surface area (Å²) in [5, 5.41) is 0. The molecule has 0 nitrogen and oxygen atoms in total. The van der Waals surface area contributed by atoms with Crippen LogP contribution >= 0.6 is 0 Å². The van der Waals surface area contributed by atoms with Crippen molar-refractivity contribution in [2.24, 2.45) is 0 Å². The van der Waals surface area contributed by atoms with Crippen molar-refractivity contribution in [3.05, 3.63) is 108 Å². The van der Waals surface area contributed by atoms with E-state index >= 15 is 0 Å². The van der Waals surface area contributed by atoms with Crippen LogP contribution in [-0.2, 0) is 5.41 Å². The molecule has 0 spiro atoms. The van der Waals surface area contributed by atoms with E-state index in [0.717, 1.165) is 0 Å². The standard InChI is InChI=1S/C20H18.C5H12.C2H6/c1-20(17-11-5-2-6-12-17,18-13-7-3-8-14-18)19-15-9-4-10-16-19;1-3-5-4-2;1-2/h2-16H,1H3;3-5H2,1-2H3;1-2H3. The first-order valence-electron chi connectivity index (χ1n) is 10.4. The first-order valence-corrected chi connectivity index (χ1v) is 10.4. The second-order valence-electron chi connectivity index (χ2n) is 6.58. The molecule has 0 atom stereocenters. The van der Waals surface area contributed by atoms with E-state index in [1.807, 2.05) is 13.8 Å². The molecule has 0 unspecified atom stereocenters. The Kier molecular flexibility index (Phi) is 10.9. The molecule has 3 aromatic carbocycles. The summed E-state index contributed by atoms with van der Waals surface area (Å²) in [7, 11) is 0. The zero-order chi connectivity index (χ0) is 20.0. The van der Waals surface area contributed by atoms with Crippen LogP contribution < -0.4 is 0 Å². The van der Waals surface area contributed by atoms with Crippen LogP contribution in [0.4, 0.5) is 0 Å². The molecule has 0 N–H and O–H groups in total. The lowest BCUT2D eigenvalue weighted by Gasteiger charge is -2.31. The predicted octanol–water partition coefficient (Wildman–Crippen LogP) is 8.26. The molecule has 0 fully saturated rings. The van der Waals surface area contributed by atoms with Gasteiger partial charge < -0.3 is 0 Å². The maximum absolute atomic E-state index is 2.30. The molecule has 0 heterocycles. The third kappa shape index (κ3) is 6.40. The molecule has 27 heavy (non-hydrogen) atoms. The highest BCUT2D eigenvalue weighted by atomic mass is 14.3. The molecule has 0 bridgehead atoms. The van der Waals surface area contributed by atoms with Crippen molar-refractivity contribution in [3.63, 3.8) is 0 Å². The maximum atomic E-state index is 2.30. The van der Waals surface area contributed by atoms with Crippen LogP contribution in [0.15, 0.2) is 91.0 Å². The van der Waals surface area contributed by atoms with E-state index in [9.17, 15) is 0 Å². The fourth-order valence-electron chi connectivity index (χ4n) is 3.17. The topological polar surface area (TPSA) is 0 Å². The summed E-state index contributed by atoms with van der Waals surface area (Å²) >= 11 is 0. The molecule has 0 saturated heterocycles. The largest absolute Gasteiger partial charge is 0.0683 e. The molecule has 0 aliphatic heterocycles. The monoisotopic (exact) mass is 360 g/mol. The summed E-state index contributed by atoms with van der Waals surface area (Å²) in [4.78, 5) is 0. The zero-order valence-electron chi connectivity index (χ0n) is 17.8. The molecule has 0 radical (unpaired) electrons. The minimum atomic E-state index is -0.121. The van der Waals surface area contributed by atoms with Gasteiger partial charge in [0.15, 0.2) is 0 Å². The number of hydrogen-bond acceptors (Lipinski definition) is 0. The fourth-order valence-corrected chi connectivity index (χ4v) is 3.17. The Hall–Kier alpha value is -2.34. The molecular formula is C27H36. The van der Waals surface area contributed by atoms with Gasteiger partial charge in [-0.2, -0.15) is 0 Å². The molecule has 0 aliphatic carbocycles. The van der Waals surface area contributed by atoms with Crippen molar-refractivity contribution in [2.75, 3.05) is 0 Å². The van der Waals surface area contributed by atoms with Gasteiger partial charge in [-0.3, -0.25) is 0 Å². The Balaban J connectivity index is 0.000000454. The van der Waals surface area contributed by atoms with E-state index in [4.69, 9.17) is 0 Å². The summed E-state index contributed by atoms with van der Waals surface area (Å²) < 4.78 is 0. The molecule has 144 valence electrons. The normalized spacial score (nSPS) is 10.1. The SMILES string of the molecule is CC.CC(c1ccccc1)(c1ccccc1)c1ccccc1.CCCCC. The molecule has 3 aromatic rings. The van der Waals surface area contributed by atoms with E-state index in [-0.39, 0.29) is 5.41 Å².